The van der Waals surface area contributed by atoms with Crippen LogP contribution in [0, 0.1) is 65.4 Å². The lowest BCUT2D eigenvalue weighted by molar-refractivity contribution is 1.13. The van der Waals surface area contributed by atoms with Crippen LogP contribution in [0.3, 0.4) is 0 Å². The van der Waals surface area contributed by atoms with Gasteiger partial charge in [-0.3, -0.25) is 0 Å². The van der Waals surface area contributed by atoms with E-state index in [0.29, 0.717) is 50.6 Å². The number of hydrogen-bond donors (Lipinski definition) is 0. The van der Waals surface area contributed by atoms with Gasteiger partial charge in [-0.05, 0) is 160 Å². The highest BCUT2D eigenvalue weighted by Crippen LogP contribution is 2.44. The fraction of sp³-hybridized carbons (Fsp3) is 0.0149. The van der Waals surface area contributed by atoms with E-state index in [9.17, 15) is 21.0 Å². The summed E-state index contributed by atoms with van der Waals surface area (Å²) < 4.78 is 4.31. The average Bonchev–Trinajstić information content (AvgIpc) is 4.08. The number of nitriles is 4. The zero-order chi connectivity index (χ0) is 51.3. The smallest absolute Gasteiger partial charge is 0.187 e. The molecule has 0 aliphatic rings. The highest BCUT2D eigenvalue weighted by molar-refractivity contribution is 6.14. The summed E-state index contributed by atoms with van der Waals surface area (Å²) in [5, 5.41) is 45.7. The third kappa shape index (κ3) is 7.67. The summed E-state index contributed by atoms with van der Waals surface area (Å²) >= 11 is 0. The molecule has 0 amide bonds. The van der Waals surface area contributed by atoms with Crippen LogP contribution in [-0.2, 0) is 0 Å². The van der Waals surface area contributed by atoms with E-state index in [1.807, 2.05) is 122 Å². The molecule has 0 radical (unpaired) electrons. The zero-order valence-electron chi connectivity index (χ0n) is 40.1. The summed E-state index contributed by atoms with van der Waals surface area (Å²) in [4.78, 5) is 7.40. The summed E-state index contributed by atoms with van der Waals surface area (Å²) in [7, 11) is 0. The first-order chi connectivity index (χ1) is 36.8. The maximum atomic E-state index is 11.5. The predicted molar refractivity (Wildman–Crippen MR) is 298 cm³/mol. The molecule has 0 aliphatic heterocycles. The van der Waals surface area contributed by atoms with E-state index in [-0.39, 0.29) is 0 Å². The van der Waals surface area contributed by atoms with Gasteiger partial charge in [0.05, 0.1) is 87.0 Å². The van der Waals surface area contributed by atoms with Crippen LogP contribution >= 0.6 is 0 Å². The molecule has 2 heterocycles. The van der Waals surface area contributed by atoms with Gasteiger partial charge in [0.2, 0.25) is 0 Å². The number of hydrogen-bond acceptors (Lipinski definition) is 4. The van der Waals surface area contributed by atoms with Gasteiger partial charge in [0, 0.05) is 32.7 Å². The third-order valence-corrected chi connectivity index (χ3v) is 14.1. The summed E-state index contributed by atoms with van der Waals surface area (Å²) in [6.07, 6.45) is 0. The minimum Gasteiger partial charge on any atom is -0.309 e. The van der Waals surface area contributed by atoms with Crippen LogP contribution in [0.1, 0.15) is 27.8 Å². The molecule has 0 fully saturated rings. The third-order valence-electron chi connectivity index (χ3n) is 14.1. The molecule has 12 aromatic rings. The number of aryl methyl sites for hydroxylation is 1. The lowest BCUT2D eigenvalue weighted by Crippen LogP contribution is -2.04. The van der Waals surface area contributed by atoms with E-state index in [1.54, 1.807) is 24.3 Å². The molecule has 8 nitrogen and oxygen atoms in total. The SMILES string of the molecule is [C-]#[N+]c1cccc(-c2ccc3c(c2)c2cc(-c4cccc(C#N)c4)ccc2n3-c2cc(-c3ccc(C)cc3C#N)c(-n3c4ccc(-c5cccc(C#N)c5)cc4c4cc(-c5cccc([N+]#[C-])c5)ccc43)cc2C#N)c1. The van der Waals surface area contributed by atoms with Crippen molar-refractivity contribution in [3.8, 4) is 91.3 Å². The standard InChI is InChI=1S/C67H36N8/c1-41-16-21-56(52(26-41)39-70)61-36-66(74-62-22-17-48(44-10-4-8-42(27-44)37-68)31-57(62)58-33-50(19-23-63(58)74)46-12-6-14-54(29-46)72-2)53(40-71)35-67(61)75-64-24-18-49(45-11-5-9-43(28-45)38-69)32-59(64)60-34-51(20-25-65(60)75)47-13-7-15-55(30-47)73-3/h4-36H,1H3. The highest BCUT2D eigenvalue weighted by atomic mass is 15.0. The molecule has 0 spiro atoms. The summed E-state index contributed by atoms with van der Waals surface area (Å²) in [5.41, 5.74) is 17.4. The molecule has 344 valence electrons. The largest absolute Gasteiger partial charge is 0.309 e. The van der Waals surface area contributed by atoms with Crippen LogP contribution in [0.4, 0.5) is 11.4 Å². The summed E-state index contributed by atoms with van der Waals surface area (Å²) in [6.45, 7) is 17.4. The molecular formula is C67H36N8. The van der Waals surface area contributed by atoms with E-state index < -0.39 is 0 Å². The summed E-state index contributed by atoms with van der Waals surface area (Å²) in [5.74, 6) is 0. The molecule has 0 saturated carbocycles. The number of aromatic nitrogens is 2. The second-order valence-corrected chi connectivity index (χ2v) is 18.5. The number of fused-ring (bicyclic) bond motifs is 6. The van der Waals surface area contributed by atoms with Crippen molar-refractivity contribution >= 4 is 55.0 Å². The van der Waals surface area contributed by atoms with Gasteiger partial charge >= 0.3 is 0 Å². The van der Waals surface area contributed by atoms with Gasteiger partial charge < -0.3 is 9.13 Å². The Bertz CT molecular complexity index is 4470. The Balaban J connectivity index is 1.16. The van der Waals surface area contributed by atoms with E-state index in [1.165, 1.54) is 0 Å². The maximum absolute atomic E-state index is 11.5. The Labute approximate surface area is 432 Å². The second-order valence-electron chi connectivity index (χ2n) is 18.5. The van der Waals surface area contributed by atoms with E-state index in [2.05, 4.69) is 104 Å². The lowest BCUT2D eigenvalue weighted by Gasteiger charge is -2.20. The molecule has 0 aliphatic carbocycles. The van der Waals surface area contributed by atoms with Crippen molar-refractivity contribution in [2.45, 2.75) is 6.92 Å². The van der Waals surface area contributed by atoms with Crippen molar-refractivity contribution in [2.24, 2.45) is 0 Å². The van der Waals surface area contributed by atoms with Gasteiger partial charge in [-0.2, -0.15) is 21.0 Å². The van der Waals surface area contributed by atoms with Crippen LogP contribution in [0.5, 0.6) is 0 Å². The van der Waals surface area contributed by atoms with Crippen LogP contribution < -0.4 is 0 Å². The molecule has 0 N–H and O–H groups in total. The normalized spacial score (nSPS) is 10.9. The van der Waals surface area contributed by atoms with Crippen molar-refractivity contribution in [1.29, 1.82) is 21.0 Å². The van der Waals surface area contributed by atoms with Gasteiger partial charge in [-0.15, -0.1) is 0 Å². The van der Waals surface area contributed by atoms with E-state index >= 15 is 0 Å². The quantitative estimate of drug-likeness (QED) is 0.148. The van der Waals surface area contributed by atoms with Gasteiger partial charge in [0.15, 0.2) is 11.4 Å². The predicted octanol–water partition coefficient (Wildman–Crippen LogP) is 17.1. The van der Waals surface area contributed by atoms with Crippen molar-refractivity contribution in [3.63, 3.8) is 0 Å². The zero-order valence-corrected chi connectivity index (χ0v) is 40.1. The fourth-order valence-electron chi connectivity index (χ4n) is 10.6. The first kappa shape index (κ1) is 44.9. The Morgan fingerprint density at radius 1 is 0.347 bits per heavy atom. The second kappa shape index (κ2) is 18.2. The fourth-order valence-corrected chi connectivity index (χ4v) is 10.6. The van der Waals surface area contributed by atoms with Gasteiger partial charge in [0.25, 0.3) is 0 Å². The molecular weight excluding hydrogens is 917 g/mol. The Morgan fingerprint density at radius 3 is 1.16 bits per heavy atom. The molecule has 12 rings (SSSR count). The number of rotatable bonds is 7. The van der Waals surface area contributed by atoms with Gasteiger partial charge in [-0.1, -0.05) is 97.1 Å². The first-order valence-corrected chi connectivity index (χ1v) is 24.0. The minimum absolute atomic E-state index is 0.394. The highest BCUT2D eigenvalue weighted by Gasteiger charge is 2.24. The number of benzene rings is 10. The Hall–Kier alpha value is -11.3. The molecule has 0 bridgehead atoms. The Kier molecular flexibility index (Phi) is 10.9. The minimum atomic E-state index is 0.394. The van der Waals surface area contributed by atoms with Crippen molar-refractivity contribution in [3.05, 3.63) is 251 Å². The molecule has 75 heavy (non-hydrogen) atoms. The monoisotopic (exact) mass is 952 g/mol. The van der Waals surface area contributed by atoms with Crippen molar-refractivity contribution in [2.75, 3.05) is 0 Å². The molecule has 0 unspecified atom stereocenters. The van der Waals surface area contributed by atoms with Crippen LogP contribution in [0.25, 0.3) is 120 Å². The van der Waals surface area contributed by atoms with Gasteiger partial charge in [0.1, 0.15) is 6.07 Å². The van der Waals surface area contributed by atoms with Crippen molar-refractivity contribution < 1.29 is 0 Å². The molecule has 8 heteroatoms. The van der Waals surface area contributed by atoms with Gasteiger partial charge in [-0.25, -0.2) is 9.69 Å². The van der Waals surface area contributed by atoms with Crippen LogP contribution in [0.2, 0.25) is 0 Å². The van der Waals surface area contributed by atoms with Crippen molar-refractivity contribution in [1.82, 2.24) is 9.13 Å². The first-order valence-electron chi connectivity index (χ1n) is 24.0. The maximum Gasteiger partial charge on any atom is 0.187 e. The topological polar surface area (TPSA) is 114 Å². The molecule has 0 saturated heterocycles. The van der Waals surface area contributed by atoms with Crippen LogP contribution in [0.15, 0.2) is 200 Å². The summed E-state index contributed by atoms with van der Waals surface area (Å²) in [6, 6.07) is 74.8. The number of nitrogens with zero attached hydrogens (tertiary/aromatic N) is 8. The average molecular weight is 953 g/mol. The molecule has 10 aromatic carbocycles. The lowest BCUT2D eigenvalue weighted by atomic mass is 9.94. The molecule has 2 aromatic heterocycles. The van der Waals surface area contributed by atoms with E-state index in [0.717, 1.165) is 99.2 Å². The van der Waals surface area contributed by atoms with Crippen LogP contribution in [-0.4, -0.2) is 9.13 Å². The Morgan fingerprint density at radius 2 is 0.747 bits per heavy atom. The molecule has 0 atom stereocenters. The van der Waals surface area contributed by atoms with E-state index in [4.69, 9.17) is 13.1 Å².